The minimum atomic E-state index is -3.43. The Labute approximate surface area is 127 Å². The van der Waals surface area contributed by atoms with Gasteiger partial charge in [-0.1, -0.05) is 20.8 Å². The summed E-state index contributed by atoms with van der Waals surface area (Å²) < 4.78 is 27.9. The van der Waals surface area contributed by atoms with Crippen LogP contribution in [0.4, 0.5) is 0 Å². The number of hydrogen-bond donors (Lipinski definition) is 2. The van der Waals surface area contributed by atoms with Gasteiger partial charge in [0, 0.05) is 17.5 Å². The van der Waals surface area contributed by atoms with Gasteiger partial charge in [-0.3, -0.25) is 0 Å². The van der Waals surface area contributed by atoms with E-state index in [-0.39, 0.29) is 6.04 Å². The molecule has 1 aromatic heterocycles. The molecule has 0 fully saturated rings. The first-order chi connectivity index (χ1) is 9.27. The summed E-state index contributed by atoms with van der Waals surface area (Å²) in [6.07, 6.45) is 0.838. The number of nitrogens with one attached hydrogen (secondary N) is 2. The van der Waals surface area contributed by atoms with Gasteiger partial charge >= 0.3 is 0 Å². The van der Waals surface area contributed by atoms with E-state index in [9.17, 15) is 8.42 Å². The lowest BCUT2D eigenvalue weighted by molar-refractivity contribution is 0.482. The molecule has 1 heterocycles. The minimum absolute atomic E-state index is 0.0497. The van der Waals surface area contributed by atoms with Crippen molar-refractivity contribution in [2.75, 3.05) is 6.54 Å². The molecule has 1 unspecified atom stereocenters. The van der Waals surface area contributed by atoms with Crippen molar-refractivity contribution in [3.63, 3.8) is 0 Å². The summed E-state index contributed by atoms with van der Waals surface area (Å²) in [5.74, 6) is 0.470. The standard InChI is InChI=1S/C14H26N2O2S2/c1-6-15-8-13-14(11(4)9-19-13)20(17,18)16-12(5)7-10(2)3/h9-10,12,15-16H,6-8H2,1-5H3. The molecule has 0 aliphatic rings. The van der Waals surface area contributed by atoms with Crippen LogP contribution in [-0.2, 0) is 16.6 Å². The van der Waals surface area contributed by atoms with Gasteiger partial charge in [-0.25, -0.2) is 13.1 Å². The van der Waals surface area contributed by atoms with E-state index in [2.05, 4.69) is 23.9 Å². The quantitative estimate of drug-likeness (QED) is 0.775. The summed E-state index contributed by atoms with van der Waals surface area (Å²) in [4.78, 5) is 1.34. The van der Waals surface area contributed by atoms with Crippen molar-refractivity contribution in [2.45, 2.75) is 58.5 Å². The summed E-state index contributed by atoms with van der Waals surface area (Å²) in [5, 5.41) is 5.11. The van der Waals surface area contributed by atoms with E-state index in [1.807, 2.05) is 26.2 Å². The molecule has 0 saturated carbocycles. The van der Waals surface area contributed by atoms with Crippen LogP contribution in [0.2, 0.25) is 0 Å². The molecule has 0 aliphatic heterocycles. The van der Waals surface area contributed by atoms with Crippen LogP contribution in [0.15, 0.2) is 10.3 Å². The molecule has 1 aromatic rings. The molecule has 0 aliphatic carbocycles. The molecule has 0 bridgehead atoms. The average molecular weight is 319 g/mol. The smallest absolute Gasteiger partial charge is 0.242 e. The van der Waals surface area contributed by atoms with Gasteiger partial charge in [0.15, 0.2) is 0 Å². The number of rotatable bonds is 8. The van der Waals surface area contributed by atoms with Gasteiger partial charge in [-0.05, 0) is 43.7 Å². The van der Waals surface area contributed by atoms with Crippen molar-refractivity contribution >= 4 is 21.4 Å². The highest BCUT2D eigenvalue weighted by molar-refractivity contribution is 7.89. The third-order valence-corrected chi connectivity index (χ3v) is 6.03. The summed E-state index contributed by atoms with van der Waals surface area (Å²) in [6, 6.07) is -0.0497. The topological polar surface area (TPSA) is 58.2 Å². The van der Waals surface area contributed by atoms with E-state index in [1.165, 1.54) is 11.3 Å². The molecule has 1 atom stereocenters. The minimum Gasteiger partial charge on any atom is -0.312 e. The molecule has 0 radical (unpaired) electrons. The van der Waals surface area contributed by atoms with Crippen molar-refractivity contribution in [1.29, 1.82) is 0 Å². The highest BCUT2D eigenvalue weighted by atomic mass is 32.2. The maximum Gasteiger partial charge on any atom is 0.242 e. The molecule has 2 N–H and O–H groups in total. The highest BCUT2D eigenvalue weighted by Gasteiger charge is 2.24. The van der Waals surface area contributed by atoms with Crippen LogP contribution in [-0.4, -0.2) is 21.0 Å². The SMILES string of the molecule is CCNCc1scc(C)c1S(=O)(=O)NC(C)CC(C)C. The second-order valence-corrected chi connectivity index (χ2v) is 8.22. The zero-order valence-corrected chi connectivity index (χ0v) is 14.6. The normalized spacial score (nSPS) is 13.9. The average Bonchev–Trinajstić information content (AvgIpc) is 2.66. The molecule has 0 amide bonds. The maximum atomic E-state index is 12.6. The molecule has 116 valence electrons. The molecule has 4 nitrogen and oxygen atoms in total. The van der Waals surface area contributed by atoms with Crippen LogP contribution in [0.3, 0.4) is 0 Å². The molecule has 6 heteroatoms. The summed E-state index contributed by atoms with van der Waals surface area (Å²) in [6.45, 7) is 11.4. The molecule has 0 aromatic carbocycles. The van der Waals surface area contributed by atoms with E-state index < -0.39 is 10.0 Å². The molecule has 0 spiro atoms. The monoisotopic (exact) mass is 318 g/mol. The third-order valence-electron chi connectivity index (χ3n) is 2.97. The van der Waals surface area contributed by atoms with Crippen LogP contribution in [0.5, 0.6) is 0 Å². The lowest BCUT2D eigenvalue weighted by atomic mass is 10.1. The van der Waals surface area contributed by atoms with Crippen molar-refractivity contribution in [3.8, 4) is 0 Å². The zero-order valence-electron chi connectivity index (χ0n) is 13.0. The van der Waals surface area contributed by atoms with Crippen molar-refractivity contribution in [3.05, 3.63) is 15.8 Å². The second kappa shape index (κ2) is 7.54. The number of thiophene rings is 1. The first-order valence-corrected chi connectivity index (χ1v) is 9.44. The molecule has 0 saturated heterocycles. The predicted molar refractivity (Wildman–Crippen MR) is 85.7 cm³/mol. The summed E-state index contributed by atoms with van der Waals surface area (Å²) in [5.41, 5.74) is 0.826. The second-order valence-electron chi connectivity index (χ2n) is 5.60. The Bertz CT molecular complexity index is 521. The van der Waals surface area contributed by atoms with Crippen LogP contribution >= 0.6 is 11.3 Å². The van der Waals surface area contributed by atoms with Crippen LogP contribution in [0, 0.1) is 12.8 Å². The van der Waals surface area contributed by atoms with E-state index in [4.69, 9.17) is 0 Å². The fourth-order valence-electron chi connectivity index (χ4n) is 2.29. The summed E-state index contributed by atoms with van der Waals surface area (Å²) >= 11 is 1.50. The number of aryl methyl sites for hydroxylation is 1. The largest absolute Gasteiger partial charge is 0.312 e. The van der Waals surface area contributed by atoms with Gasteiger partial charge in [-0.2, -0.15) is 0 Å². The Hall–Kier alpha value is -0.430. The van der Waals surface area contributed by atoms with Gasteiger partial charge in [0.05, 0.1) is 0 Å². The Balaban J connectivity index is 2.94. The van der Waals surface area contributed by atoms with Gasteiger partial charge in [-0.15, -0.1) is 11.3 Å². The molecule has 20 heavy (non-hydrogen) atoms. The van der Waals surface area contributed by atoms with Gasteiger partial charge in [0.25, 0.3) is 0 Å². The van der Waals surface area contributed by atoms with Crippen molar-refractivity contribution in [2.24, 2.45) is 5.92 Å². The number of sulfonamides is 1. The third kappa shape index (κ3) is 4.84. The van der Waals surface area contributed by atoms with Crippen LogP contribution in [0.1, 0.15) is 44.6 Å². The lowest BCUT2D eigenvalue weighted by Gasteiger charge is -2.17. The van der Waals surface area contributed by atoms with Gasteiger partial charge in [0.1, 0.15) is 4.90 Å². The fourth-order valence-corrected chi connectivity index (χ4v) is 5.32. The predicted octanol–water partition coefficient (Wildman–Crippen LogP) is 2.88. The lowest BCUT2D eigenvalue weighted by Crippen LogP contribution is -2.34. The molecular formula is C14H26N2O2S2. The highest BCUT2D eigenvalue weighted by Crippen LogP contribution is 2.27. The molecule has 1 rings (SSSR count). The van der Waals surface area contributed by atoms with E-state index in [0.29, 0.717) is 17.4 Å². The molecular weight excluding hydrogens is 292 g/mol. The van der Waals surface area contributed by atoms with Crippen molar-refractivity contribution in [1.82, 2.24) is 10.0 Å². The van der Waals surface area contributed by atoms with Gasteiger partial charge < -0.3 is 5.32 Å². The van der Waals surface area contributed by atoms with Crippen LogP contribution in [0.25, 0.3) is 0 Å². The van der Waals surface area contributed by atoms with E-state index in [0.717, 1.165) is 23.4 Å². The Kier molecular flexibility index (Phi) is 6.64. The maximum absolute atomic E-state index is 12.6. The fraction of sp³-hybridized carbons (Fsp3) is 0.714. The van der Waals surface area contributed by atoms with Crippen molar-refractivity contribution < 1.29 is 8.42 Å². The van der Waals surface area contributed by atoms with E-state index in [1.54, 1.807) is 0 Å². The van der Waals surface area contributed by atoms with Crippen LogP contribution < -0.4 is 10.0 Å². The number of hydrogen-bond acceptors (Lipinski definition) is 4. The Morgan fingerprint density at radius 1 is 1.30 bits per heavy atom. The Morgan fingerprint density at radius 2 is 1.95 bits per heavy atom. The first-order valence-electron chi connectivity index (χ1n) is 7.08. The zero-order chi connectivity index (χ0) is 15.3. The van der Waals surface area contributed by atoms with E-state index >= 15 is 0 Å². The first kappa shape index (κ1) is 17.6. The Morgan fingerprint density at radius 3 is 2.50 bits per heavy atom. The van der Waals surface area contributed by atoms with Gasteiger partial charge in [0.2, 0.25) is 10.0 Å². The summed E-state index contributed by atoms with van der Waals surface area (Å²) in [7, 11) is -3.43.